The molecule has 1 aliphatic carbocycles. The lowest BCUT2D eigenvalue weighted by Gasteiger charge is -2.21. The van der Waals surface area contributed by atoms with Gasteiger partial charge in [0.05, 0.1) is 5.54 Å². The van der Waals surface area contributed by atoms with Gasteiger partial charge >= 0.3 is 18.0 Å². The number of carbonyl (C=O) groups is 3. The number of nitrogens with one attached hydrogen (secondary N) is 2. The molecule has 2 fully saturated rings. The van der Waals surface area contributed by atoms with Gasteiger partial charge in [-0.05, 0) is 47.2 Å². The first-order valence-electron chi connectivity index (χ1n) is 11.9. The smallest absolute Gasteiger partial charge is 0.317 e. The highest BCUT2D eigenvalue weighted by molar-refractivity contribution is 6.35. The van der Waals surface area contributed by atoms with E-state index in [4.69, 9.17) is 6.57 Å². The van der Waals surface area contributed by atoms with Crippen LogP contribution >= 0.6 is 0 Å². The Labute approximate surface area is 203 Å². The topological polar surface area (TPSA) is 82.9 Å². The van der Waals surface area contributed by atoms with Gasteiger partial charge < -0.3 is 10.6 Å². The van der Waals surface area contributed by atoms with E-state index in [1.807, 2.05) is 18.2 Å². The van der Waals surface area contributed by atoms with E-state index >= 15 is 0 Å². The second kappa shape index (κ2) is 9.22. The van der Waals surface area contributed by atoms with Crippen molar-refractivity contribution >= 4 is 28.5 Å². The third-order valence-electron chi connectivity index (χ3n) is 6.93. The number of likely N-dealkylation sites (tertiary alicyclic amines) is 1. The molecule has 1 saturated carbocycles. The van der Waals surface area contributed by atoms with Crippen LogP contribution in [0.2, 0.25) is 0 Å². The number of carbonyl (C=O) groups excluding carboxylic acids is 3. The zero-order valence-electron chi connectivity index (χ0n) is 19.3. The van der Waals surface area contributed by atoms with Crippen LogP contribution in [0.1, 0.15) is 47.2 Å². The van der Waals surface area contributed by atoms with Crippen molar-refractivity contribution in [2.75, 3.05) is 6.54 Å². The fourth-order valence-corrected chi connectivity index (χ4v) is 4.91. The Kier molecular flexibility index (Phi) is 5.96. The largest absolute Gasteiger partial charge is 0.344 e. The van der Waals surface area contributed by atoms with Gasteiger partial charge in [-0.15, -0.1) is 0 Å². The van der Waals surface area contributed by atoms with E-state index < -0.39 is 23.5 Å². The van der Waals surface area contributed by atoms with E-state index in [1.165, 1.54) is 4.90 Å². The summed E-state index contributed by atoms with van der Waals surface area (Å²) in [6.45, 7) is 7.67. The fourth-order valence-electron chi connectivity index (χ4n) is 4.91. The molecule has 1 aliphatic heterocycles. The van der Waals surface area contributed by atoms with Crippen molar-refractivity contribution in [3.63, 3.8) is 0 Å². The minimum absolute atomic E-state index is 0.0476. The summed E-state index contributed by atoms with van der Waals surface area (Å²) in [4.78, 5) is 43.1. The molecule has 3 amide bonds. The van der Waals surface area contributed by atoms with Crippen LogP contribution in [0.25, 0.3) is 15.6 Å². The molecule has 0 radical (unpaired) electrons. The van der Waals surface area contributed by atoms with Gasteiger partial charge in [0.15, 0.2) is 0 Å². The highest BCUT2D eigenvalue weighted by Gasteiger charge is 2.46. The maximum absolute atomic E-state index is 13.4. The van der Waals surface area contributed by atoms with E-state index in [0.717, 1.165) is 29.2 Å². The quantitative estimate of drug-likeness (QED) is 0.444. The second-order valence-corrected chi connectivity index (χ2v) is 9.15. The molecule has 7 heteroatoms. The molecule has 0 unspecified atom stereocenters. The molecular formula is C28H26N4O3. The summed E-state index contributed by atoms with van der Waals surface area (Å²) in [6.07, 6.45) is 2.45. The number of hydrogen-bond acceptors (Lipinski definition) is 3. The van der Waals surface area contributed by atoms with Crippen LogP contribution in [-0.2, 0) is 21.7 Å². The predicted octanol–water partition coefficient (Wildman–Crippen LogP) is 3.74. The Bertz CT molecular complexity index is 1350. The fraction of sp³-hybridized carbons (Fsp3) is 0.286. The van der Waals surface area contributed by atoms with Crippen LogP contribution in [-0.4, -0.2) is 35.3 Å². The minimum Gasteiger partial charge on any atom is -0.344 e. The molecule has 1 heterocycles. The van der Waals surface area contributed by atoms with Gasteiger partial charge in [0.25, 0.3) is 5.91 Å². The second-order valence-electron chi connectivity index (χ2n) is 9.15. The predicted molar refractivity (Wildman–Crippen MR) is 132 cm³/mol. The molecule has 3 aromatic carbocycles. The highest BCUT2D eigenvalue weighted by Crippen LogP contribution is 2.48. The molecule has 0 bridgehead atoms. The minimum atomic E-state index is -0.759. The third-order valence-corrected chi connectivity index (χ3v) is 6.93. The molecule has 35 heavy (non-hydrogen) atoms. The van der Waals surface area contributed by atoms with Crippen molar-refractivity contribution in [1.29, 1.82) is 0 Å². The zero-order valence-corrected chi connectivity index (χ0v) is 19.3. The summed E-state index contributed by atoms with van der Waals surface area (Å²) in [5, 5.41) is 8.14. The van der Waals surface area contributed by atoms with Crippen LogP contribution in [0.3, 0.4) is 0 Å². The standard InChI is InChI=1S/C28H26N4O3/c1-29-24-14-7-17-32(24)27(35)26(34)30-18-20-9-3-5-12-22(20)25(33)31-28(15-16-28)23-13-6-10-19-8-2-4-11-21(19)23/h2-6,8-13,24H,7,14-18H2,(H,30,34)(H,31,33)/t24-/m1/s1. The zero-order chi connectivity index (χ0) is 24.4. The molecule has 0 aromatic heterocycles. The van der Waals surface area contributed by atoms with Crippen molar-refractivity contribution in [3.05, 3.63) is 94.8 Å². The van der Waals surface area contributed by atoms with Gasteiger partial charge in [-0.1, -0.05) is 60.7 Å². The molecular weight excluding hydrogens is 440 g/mol. The van der Waals surface area contributed by atoms with Crippen molar-refractivity contribution in [3.8, 4) is 0 Å². The maximum Gasteiger partial charge on any atom is 0.317 e. The molecule has 176 valence electrons. The number of rotatable bonds is 5. The monoisotopic (exact) mass is 466 g/mol. The molecule has 5 rings (SSSR count). The number of fused-ring (bicyclic) bond motifs is 1. The summed E-state index contributed by atoms with van der Waals surface area (Å²) in [5.41, 5.74) is 1.80. The Hall–Kier alpha value is -4.18. The van der Waals surface area contributed by atoms with Gasteiger partial charge in [-0.25, -0.2) is 6.57 Å². The molecule has 2 aliphatic rings. The van der Waals surface area contributed by atoms with Gasteiger partial charge in [0.2, 0.25) is 0 Å². The maximum atomic E-state index is 13.4. The number of hydrogen-bond donors (Lipinski definition) is 2. The summed E-state index contributed by atoms with van der Waals surface area (Å²) in [7, 11) is 0. The van der Waals surface area contributed by atoms with Gasteiger partial charge in [0, 0.05) is 25.1 Å². The number of amides is 3. The number of benzene rings is 3. The van der Waals surface area contributed by atoms with Crippen LogP contribution in [0.15, 0.2) is 66.7 Å². The SMILES string of the molecule is [C-]#[N+][C@H]1CCCN1C(=O)C(=O)NCc1ccccc1C(=O)NC1(c2cccc3ccccc23)CC1. The molecule has 1 saturated heterocycles. The summed E-state index contributed by atoms with van der Waals surface area (Å²) in [6, 6.07) is 21.4. The van der Waals surface area contributed by atoms with Crippen LogP contribution in [0, 0.1) is 6.57 Å². The lowest BCUT2D eigenvalue weighted by molar-refractivity contribution is -0.146. The van der Waals surface area contributed by atoms with Crippen molar-refractivity contribution in [2.45, 2.75) is 43.9 Å². The van der Waals surface area contributed by atoms with Crippen LogP contribution in [0.5, 0.6) is 0 Å². The first-order chi connectivity index (χ1) is 17.0. The molecule has 7 nitrogen and oxygen atoms in total. The average Bonchev–Trinajstić information content (AvgIpc) is 3.51. The Morgan fingerprint density at radius 2 is 1.74 bits per heavy atom. The van der Waals surface area contributed by atoms with E-state index in [9.17, 15) is 14.4 Å². The third kappa shape index (κ3) is 4.35. The van der Waals surface area contributed by atoms with E-state index in [-0.39, 0.29) is 12.5 Å². The van der Waals surface area contributed by atoms with Crippen LogP contribution < -0.4 is 10.6 Å². The highest BCUT2D eigenvalue weighted by atomic mass is 16.2. The summed E-state index contributed by atoms with van der Waals surface area (Å²) < 4.78 is 0. The molecule has 2 N–H and O–H groups in total. The van der Waals surface area contributed by atoms with E-state index in [0.29, 0.717) is 30.5 Å². The lowest BCUT2D eigenvalue weighted by Crippen LogP contribution is -2.44. The Balaban J connectivity index is 1.30. The first kappa shape index (κ1) is 22.6. The van der Waals surface area contributed by atoms with Gasteiger partial charge in [-0.3, -0.25) is 24.1 Å². The normalized spacial score (nSPS) is 18.0. The van der Waals surface area contributed by atoms with Gasteiger partial charge in [0.1, 0.15) is 0 Å². The van der Waals surface area contributed by atoms with Crippen molar-refractivity contribution < 1.29 is 14.4 Å². The van der Waals surface area contributed by atoms with E-state index in [1.54, 1.807) is 24.3 Å². The van der Waals surface area contributed by atoms with E-state index in [2.05, 4.69) is 39.7 Å². The summed E-state index contributed by atoms with van der Waals surface area (Å²) in [5.74, 6) is -1.66. The average molecular weight is 467 g/mol. The van der Waals surface area contributed by atoms with Gasteiger partial charge in [-0.2, -0.15) is 0 Å². The summed E-state index contributed by atoms with van der Waals surface area (Å²) >= 11 is 0. The molecule has 0 spiro atoms. The Morgan fingerprint density at radius 1 is 1.00 bits per heavy atom. The Morgan fingerprint density at radius 3 is 2.54 bits per heavy atom. The first-order valence-corrected chi connectivity index (χ1v) is 11.9. The molecule has 1 atom stereocenters. The molecule has 3 aromatic rings. The van der Waals surface area contributed by atoms with Crippen molar-refractivity contribution in [2.24, 2.45) is 0 Å². The number of nitrogens with zero attached hydrogens (tertiary/aromatic N) is 2. The van der Waals surface area contributed by atoms with Crippen LogP contribution in [0.4, 0.5) is 0 Å². The lowest BCUT2D eigenvalue weighted by atomic mass is 9.96. The van der Waals surface area contributed by atoms with Crippen molar-refractivity contribution in [1.82, 2.24) is 15.5 Å².